The molecule has 0 spiro atoms. The van der Waals surface area contributed by atoms with Crippen molar-refractivity contribution in [3.63, 3.8) is 0 Å². The Balaban J connectivity index is 0.00000156. The normalized spacial score (nSPS) is 19.0. The predicted octanol–water partition coefficient (Wildman–Crippen LogP) is 3.24. The van der Waals surface area contributed by atoms with Gasteiger partial charge in [0.25, 0.3) is 5.89 Å². The molecule has 8 heteroatoms. The van der Waals surface area contributed by atoms with E-state index in [1.165, 1.54) is 0 Å². The number of hydrogen-bond acceptors (Lipinski definition) is 6. The molecule has 4 rings (SSSR count). The molecule has 1 fully saturated rings. The van der Waals surface area contributed by atoms with Gasteiger partial charge in [0.2, 0.25) is 0 Å². The molecule has 3 aromatic rings. The standard InChI is InChI=1S/C15H15BrN4O2.ClH/c1-20-5-4-17-8-11(20)14-18-15(22-19-14)13-7-9-6-10(16)2-3-12(9)21-13;/h2-3,6-7,11,17H,4-5,8H2,1H3;1H. The van der Waals surface area contributed by atoms with Crippen LogP contribution in [0.1, 0.15) is 11.9 Å². The summed E-state index contributed by atoms with van der Waals surface area (Å²) in [7, 11) is 2.07. The molecule has 0 aliphatic carbocycles. The number of nitrogens with zero attached hydrogens (tertiary/aromatic N) is 3. The molecule has 0 saturated carbocycles. The van der Waals surface area contributed by atoms with Gasteiger partial charge in [-0.25, -0.2) is 0 Å². The Labute approximate surface area is 147 Å². The van der Waals surface area contributed by atoms with Crippen molar-refractivity contribution in [3.8, 4) is 11.7 Å². The molecule has 1 saturated heterocycles. The first-order valence-electron chi connectivity index (χ1n) is 7.15. The Kier molecular flexibility index (Phi) is 4.72. The second-order valence-electron chi connectivity index (χ2n) is 5.45. The zero-order valence-corrected chi connectivity index (χ0v) is 14.9. The SMILES string of the molecule is CN1CCNCC1c1noc(-c2cc3cc(Br)ccc3o2)n1.Cl. The van der Waals surface area contributed by atoms with Gasteiger partial charge in [0.15, 0.2) is 11.6 Å². The van der Waals surface area contributed by atoms with Crippen LogP contribution in [0.4, 0.5) is 0 Å². The zero-order valence-electron chi connectivity index (χ0n) is 12.5. The molecule has 23 heavy (non-hydrogen) atoms. The van der Waals surface area contributed by atoms with Crippen LogP contribution in [0.2, 0.25) is 0 Å². The Morgan fingerprint density at radius 1 is 1.35 bits per heavy atom. The van der Waals surface area contributed by atoms with Crippen molar-refractivity contribution in [1.29, 1.82) is 0 Å². The molecule has 2 aromatic heterocycles. The number of rotatable bonds is 2. The number of benzene rings is 1. The molecule has 1 N–H and O–H groups in total. The van der Waals surface area contributed by atoms with E-state index in [0.717, 1.165) is 35.1 Å². The largest absolute Gasteiger partial charge is 0.451 e. The van der Waals surface area contributed by atoms with Gasteiger partial charge in [-0.2, -0.15) is 4.98 Å². The zero-order chi connectivity index (χ0) is 15.1. The molecule has 1 atom stereocenters. The fourth-order valence-corrected chi connectivity index (χ4v) is 3.06. The van der Waals surface area contributed by atoms with E-state index in [2.05, 4.69) is 43.3 Å². The van der Waals surface area contributed by atoms with Gasteiger partial charge in [-0.1, -0.05) is 21.1 Å². The lowest BCUT2D eigenvalue weighted by Crippen LogP contribution is -2.44. The molecule has 0 radical (unpaired) electrons. The topological polar surface area (TPSA) is 67.3 Å². The number of nitrogens with one attached hydrogen (secondary N) is 1. The van der Waals surface area contributed by atoms with Crippen molar-refractivity contribution in [2.45, 2.75) is 6.04 Å². The molecule has 1 aliphatic heterocycles. The fraction of sp³-hybridized carbons (Fsp3) is 0.333. The van der Waals surface area contributed by atoms with Crippen molar-refractivity contribution >= 4 is 39.3 Å². The Hall–Kier alpha value is -1.41. The summed E-state index contributed by atoms with van der Waals surface area (Å²) in [5, 5.41) is 8.47. The van der Waals surface area contributed by atoms with Crippen LogP contribution in [0, 0.1) is 0 Å². The van der Waals surface area contributed by atoms with Crippen LogP contribution in [0.5, 0.6) is 0 Å². The van der Waals surface area contributed by atoms with Crippen LogP contribution in [-0.2, 0) is 0 Å². The lowest BCUT2D eigenvalue weighted by Gasteiger charge is -2.30. The molecule has 6 nitrogen and oxygen atoms in total. The van der Waals surface area contributed by atoms with Crippen LogP contribution in [0.25, 0.3) is 22.6 Å². The Morgan fingerprint density at radius 3 is 3.04 bits per heavy atom. The molecule has 1 unspecified atom stereocenters. The van der Waals surface area contributed by atoms with E-state index in [4.69, 9.17) is 8.94 Å². The lowest BCUT2D eigenvalue weighted by molar-refractivity contribution is 0.190. The highest BCUT2D eigenvalue weighted by atomic mass is 79.9. The van der Waals surface area contributed by atoms with Crippen LogP contribution >= 0.6 is 28.3 Å². The van der Waals surface area contributed by atoms with Crippen molar-refractivity contribution < 1.29 is 8.94 Å². The van der Waals surface area contributed by atoms with E-state index in [1.807, 2.05) is 24.3 Å². The first kappa shape index (κ1) is 16.4. The number of aromatic nitrogens is 2. The number of fused-ring (bicyclic) bond motifs is 1. The van der Waals surface area contributed by atoms with Crippen molar-refractivity contribution in [3.05, 3.63) is 34.6 Å². The average Bonchev–Trinajstić information content (AvgIpc) is 3.13. The van der Waals surface area contributed by atoms with Crippen molar-refractivity contribution in [2.24, 2.45) is 0 Å². The van der Waals surface area contributed by atoms with E-state index in [-0.39, 0.29) is 18.4 Å². The van der Waals surface area contributed by atoms with E-state index < -0.39 is 0 Å². The van der Waals surface area contributed by atoms with Gasteiger partial charge in [-0.15, -0.1) is 12.4 Å². The quantitative estimate of drug-likeness (QED) is 0.713. The third-order valence-electron chi connectivity index (χ3n) is 3.94. The smallest absolute Gasteiger partial charge is 0.293 e. The Morgan fingerprint density at radius 2 is 2.22 bits per heavy atom. The highest BCUT2D eigenvalue weighted by molar-refractivity contribution is 9.10. The summed E-state index contributed by atoms with van der Waals surface area (Å²) in [4.78, 5) is 6.73. The molecular weight excluding hydrogens is 384 g/mol. The molecule has 1 aliphatic rings. The summed E-state index contributed by atoms with van der Waals surface area (Å²) in [5.41, 5.74) is 0.800. The fourth-order valence-electron chi connectivity index (χ4n) is 2.68. The van der Waals surface area contributed by atoms with Crippen LogP contribution < -0.4 is 5.32 Å². The minimum atomic E-state index is 0. The van der Waals surface area contributed by atoms with E-state index in [9.17, 15) is 0 Å². The number of halogens is 2. The second-order valence-corrected chi connectivity index (χ2v) is 6.37. The van der Waals surface area contributed by atoms with Gasteiger partial charge >= 0.3 is 0 Å². The highest BCUT2D eigenvalue weighted by Gasteiger charge is 2.26. The van der Waals surface area contributed by atoms with E-state index in [0.29, 0.717) is 17.5 Å². The van der Waals surface area contributed by atoms with E-state index >= 15 is 0 Å². The van der Waals surface area contributed by atoms with Crippen molar-refractivity contribution in [2.75, 3.05) is 26.7 Å². The molecule has 3 heterocycles. The molecule has 0 amide bonds. The van der Waals surface area contributed by atoms with E-state index in [1.54, 1.807) is 0 Å². The summed E-state index contributed by atoms with van der Waals surface area (Å²) in [5.74, 6) is 1.70. The molecule has 0 bridgehead atoms. The van der Waals surface area contributed by atoms with Gasteiger partial charge in [-0.3, -0.25) is 4.90 Å². The summed E-state index contributed by atoms with van der Waals surface area (Å²) < 4.78 is 12.2. The minimum Gasteiger partial charge on any atom is -0.451 e. The second kappa shape index (κ2) is 6.60. The van der Waals surface area contributed by atoms with Crippen LogP contribution in [-0.4, -0.2) is 41.7 Å². The Bertz CT molecular complexity index is 819. The van der Waals surface area contributed by atoms with Gasteiger partial charge < -0.3 is 14.3 Å². The number of furan rings is 1. The third kappa shape index (κ3) is 3.14. The summed E-state index contributed by atoms with van der Waals surface area (Å²) >= 11 is 3.46. The first-order chi connectivity index (χ1) is 10.7. The molecule has 122 valence electrons. The monoisotopic (exact) mass is 398 g/mol. The lowest BCUT2D eigenvalue weighted by atomic mass is 10.2. The summed E-state index contributed by atoms with van der Waals surface area (Å²) in [6.07, 6.45) is 0. The van der Waals surface area contributed by atoms with Crippen LogP contribution in [0.3, 0.4) is 0 Å². The van der Waals surface area contributed by atoms with Crippen molar-refractivity contribution in [1.82, 2.24) is 20.4 Å². The number of hydrogen-bond donors (Lipinski definition) is 1. The summed E-state index contributed by atoms with van der Waals surface area (Å²) in [6.45, 7) is 2.77. The predicted molar refractivity (Wildman–Crippen MR) is 92.7 cm³/mol. The molecule has 1 aromatic carbocycles. The third-order valence-corrected chi connectivity index (χ3v) is 4.43. The number of piperazine rings is 1. The van der Waals surface area contributed by atoms with Gasteiger partial charge in [0.1, 0.15) is 5.58 Å². The van der Waals surface area contributed by atoms with Gasteiger partial charge in [-0.05, 0) is 31.3 Å². The average molecular weight is 400 g/mol. The maximum Gasteiger partial charge on any atom is 0.293 e. The minimum absolute atomic E-state index is 0. The van der Waals surface area contributed by atoms with Crippen LogP contribution in [0.15, 0.2) is 37.7 Å². The summed E-state index contributed by atoms with van der Waals surface area (Å²) in [6, 6.07) is 7.90. The number of likely N-dealkylation sites (N-methyl/N-ethyl adjacent to an activating group) is 1. The highest BCUT2D eigenvalue weighted by Crippen LogP contribution is 2.29. The van der Waals surface area contributed by atoms with Gasteiger partial charge in [0.05, 0.1) is 6.04 Å². The maximum atomic E-state index is 5.79. The maximum absolute atomic E-state index is 5.79. The molecular formula is C15H16BrClN4O2. The first-order valence-corrected chi connectivity index (χ1v) is 7.94. The van der Waals surface area contributed by atoms with Gasteiger partial charge in [0, 0.05) is 29.5 Å².